The van der Waals surface area contributed by atoms with Gasteiger partial charge in [0.1, 0.15) is 5.82 Å². The summed E-state index contributed by atoms with van der Waals surface area (Å²) in [4.78, 5) is 27.3. The highest BCUT2D eigenvalue weighted by Crippen LogP contribution is 2.31. The molecule has 0 unspecified atom stereocenters. The summed E-state index contributed by atoms with van der Waals surface area (Å²) in [6, 6.07) is 8.07. The number of nitrogens with zero attached hydrogens (tertiary/aromatic N) is 2. The zero-order valence-electron chi connectivity index (χ0n) is 15.0. The molecule has 1 amide bonds. The van der Waals surface area contributed by atoms with E-state index in [1.807, 2.05) is 0 Å². The van der Waals surface area contributed by atoms with Crippen molar-refractivity contribution in [3.63, 3.8) is 0 Å². The zero-order chi connectivity index (χ0) is 21.9. The molecule has 30 heavy (non-hydrogen) atoms. The summed E-state index contributed by atoms with van der Waals surface area (Å²) >= 11 is 0. The first kappa shape index (κ1) is 21.0. The van der Waals surface area contributed by atoms with Crippen molar-refractivity contribution in [3.05, 3.63) is 71.3 Å². The van der Waals surface area contributed by atoms with E-state index in [0.717, 1.165) is 24.3 Å². The second kappa shape index (κ2) is 8.31. The third-order valence-corrected chi connectivity index (χ3v) is 4.03. The molecular formula is C19H13F4N3O4. The van der Waals surface area contributed by atoms with Gasteiger partial charge in [-0.1, -0.05) is 29.4 Å². The summed E-state index contributed by atoms with van der Waals surface area (Å²) in [7, 11) is 0. The van der Waals surface area contributed by atoms with E-state index in [0.29, 0.717) is 0 Å². The molecule has 0 aliphatic rings. The highest BCUT2D eigenvalue weighted by Gasteiger charge is 2.31. The van der Waals surface area contributed by atoms with Crippen molar-refractivity contribution >= 4 is 11.9 Å². The van der Waals surface area contributed by atoms with Gasteiger partial charge in [0.05, 0.1) is 23.6 Å². The highest BCUT2D eigenvalue weighted by molar-refractivity contribution is 5.91. The number of rotatable bonds is 6. The molecule has 0 fully saturated rings. The SMILES string of the molecule is O=C(O)C[C@H](NC(=O)c1noc(-c2ccccc2F)n1)c1cccc(C(F)(F)F)c1. The van der Waals surface area contributed by atoms with Gasteiger partial charge >= 0.3 is 12.1 Å². The average molecular weight is 423 g/mol. The molecule has 1 heterocycles. The van der Waals surface area contributed by atoms with Crippen LogP contribution in [0.25, 0.3) is 11.5 Å². The Morgan fingerprint density at radius 2 is 1.87 bits per heavy atom. The van der Waals surface area contributed by atoms with E-state index in [4.69, 9.17) is 9.63 Å². The van der Waals surface area contributed by atoms with E-state index < -0.39 is 47.7 Å². The highest BCUT2D eigenvalue weighted by atomic mass is 19.4. The van der Waals surface area contributed by atoms with Gasteiger partial charge in [-0.3, -0.25) is 9.59 Å². The van der Waals surface area contributed by atoms with Crippen molar-refractivity contribution in [2.75, 3.05) is 0 Å². The largest absolute Gasteiger partial charge is 0.481 e. The second-order valence-electron chi connectivity index (χ2n) is 6.15. The molecule has 3 aromatic rings. The minimum absolute atomic E-state index is 0.0518. The maximum absolute atomic E-state index is 13.8. The van der Waals surface area contributed by atoms with Crippen molar-refractivity contribution in [1.82, 2.24) is 15.5 Å². The van der Waals surface area contributed by atoms with E-state index in [9.17, 15) is 27.2 Å². The molecule has 0 saturated heterocycles. The van der Waals surface area contributed by atoms with Gasteiger partial charge in [0.2, 0.25) is 0 Å². The van der Waals surface area contributed by atoms with Crippen molar-refractivity contribution in [2.45, 2.75) is 18.6 Å². The Bertz CT molecular complexity index is 1080. The number of carboxylic acid groups (broad SMARTS) is 1. The van der Waals surface area contributed by atoms with E-state index in [1.165, 1.54) is 24.3 Å². The molecule has 1 atom stereocenters. The molecule has 0 spiro atoms. The van der Waals surface area contributed by atoms with Crippen LogP contribution in [0.3, 0.4) is 0 Å². The molecule has 1 aromatic heterocycles. The Balaban J connectivity index is 1.85. The van der Waals surface area contributed by atoms with Crippen molar-refractivity contribution < 1.29 is 36.8 Å². The summed E-state index contributed by atoms with van der Waals surface area (Å²) < 4.78 is 57.5. The van der Waals surface area contributed by atoms with Crippen LogP contribution in [0.4, 0.5) is 17.6 Å². The van der Waals surface area contributed by atoms with Gasteiger partial charge in [-0.2, -0.15) is 18.2 Å². The first-order valence-electron chi connectivity index (χ1n) is 8.43. The lowest BCUT2D eigenvalue weighted by Crippen LogP contribution is -2.31. The molecule has 0 saturated carbocycles. The van der Waals surface area contributed by atoms with Gasteiger partial charge in [0.15, 0.2) is 0 Å². The molecule has 156 valence electrons. The lowest BCUT2D eigenvalue weighted by Gasteiger charge is -2.18. The first-order chi connectivity index (χ1) is 14.1. The lowest BCUT2D eigenvalue weighted by molar-refractivity contribution is -0.138. The van der Waals surface area contributed by atoms with E-state index in [-0.39, 0.29) is 17.0 Å². The third-order valence-electron chi connectivity index (χ3n) is 4.03. The van der Waals surface area contributed by atoms with Crippen LogP contribution < -0.4 is 5.32 Å². The van der Waals surface area contributed by atoms with E-state index >= 15 is 0 Å². The Morgan fingerprint density at radius 1 is 1.13 bits per heavy atom. The van der Waals surface area contributed by atoms with Gasteiger partial charge in [-0.25, -0.2) is 4.39 Å². The number of carbonyl (C=O) groups is 2. The number of carboxylic acids is 1. The number of amides is 1. The number of aromatic nitrogens is 2. The fourth-order valence-electron chi connectivity index (χ4n) is 2.64. The maximum atomic E-state index is 13.8. The predicted molar refractivity (Wildman–Crippen MR) is 93.6 cm³/mol. The number of benzene rings is 2. The third kappa shape index (κ3) is 4.80. The number of halogens is 4. The lowest BCUT2D eigenvalue weighted by atomic mass is 10.0. The van der Waals surface area contributed by atoms with Gasteiger partial charge in [0, 0.05) is 0 Å². The van der Waals surface area contributed by atoms with E-state index in [1.54, 1.807) is 0 Å². The normalized spacial score (nSPS) is 12.4. The number of carbonyl (C=O) groups excluding carboxylic acids is 1. The number of aliphatic carboxylic acids is 1. The molecule has 0 aliphatic heterocycles. The van der Waals surface area contributed by atoms with Crippen LogP contribution in [0, 0.1) is 5.82 Å². The van der Waals surface area contributed by atoms with Crippen LogP contribution in [-0.2, 0) is 11.0 Å². The van der Waals surface area contributed by atoms with Crippen LogP contribution in [-0.4, -0.2) is 27.1 Å². The monoisotopic (exact) mass is 423 g/mol. The zero-order valence-corrected chi connectivity index (χ0v) is 15.0. The summed E-state index contributed by atoms with van der Waals surface area (Å²) in [5.74, 6) is -3.83. The molecular weight excluding hydrogens is 410 g/mol. The Labute approximate surface area is 166 Å². The fraction of sp³-hybridized carbons (Fsp3) is 0.158. The Morgan fingerprint density at radius 3 is 2.53 bits per heavy atom. The summed E-state index contributed by atoms with van der Waals surface area (Å²) in [6.07, 6.45) is -5.33. The Kier molecular flexibility index (Phi) is 5.81. The summed E-state index contributed by atoms with van der Waals surface area (Å²) in [5, 5.41) is 14.8. The van der Waals surface area contributed by atoms with Crippen LogP contribution in [0.1, 0.15) is 34.2 Å². The number of alkyl halides is 3. The summed E-state index contributed by atoms with van der Waals surface area (Å²) in [5.41, 5.74) is -1.12. The van der Waals surface area contributed by atoms with Gasteiger partial charge in [0.25, 0.3) is 17.6 Å². The van der Waals surface area contributed by atoms with Gasteiger partial charge in [-0.05, 0) is 29.8 Å². The standard InChI is InChI=1S/C19H13F4N3O4/c20-13-7-2-1-6-12(13)18-25-16(26-30-18)17(29)24-14(9-15(27)28)10-4-3-5-11(8-10)19(21,22)23/h1-8,14H,9H2,(H,24,29)(H,27,28)/t14-/m0/s1. The minimum Gasteiger partial charge on any atom is -0.481 e. The predicted octanol–water partition coefficient (Wildman–Crippen LogP) is 3.84. The molecule has 3 rings (SSSR count). The topological polar surface area (TPSA) is 105 Å². The minimum atomic E-state index is -4.64. The van der Waals surface area contributed by atoms with Crippen molar-refractivity contribution in [2.24, 2.45) is 0 Å². The smallest absolute Gasteiger partial charge is 0.416 e. The second-order valence-corrected chi connectivity index (χ2v) is 6.15. The van der Waals surface area contributed by atoms with E-state index in [2.05, 4.69) is 15.5 Å². The molecule has 0 aliphatic carbocycles. The van der Waals surface area contributed by atoms with Crippen molar-refractivity contribution in [1.29, 1.82) is 0 Å². The molecule has 0 radical (unpaired) electrons. The molecule has 2 N–H and O–H groups in total. The van der Waals surface area contributed by atoms with Crippen LogP contribution in [0.2, 0.25) is 0 Å². The van der Waals surface area contributed by atoms with Gasteiger partial charge < -0.3 is 14.9 Å². The maximum Gasteiger partial charge on any atom is 0.416 e. The first-order valence-corrected chi connectivity index (χ1v) is 8.43. The number of hydrogen-bond acceptors (Lipinski definition) is 5. The molecule has 7 nitrogen and oxygen atoms in total. The Hall–Kier alpha value is -3.76. The van der Waals surface area contributed by atoms with Crippen molar-refractivity contribution in [3.8, 4) is 11.5 Å². The molecule has 11 heteroatoms. The quantitative estimate of drug-likeness (QED) is 0.584. The van der Waals surface area contributed by atoms with Crippen LogP contribution >= 0.6 is 0 Å². The summed E-state index contributed by atoms with van der Waals surface area (Å²) in [6.45, 7) is 0. The fourth-order valence-corrected chi connectivity index (χ4v) is 2.64. The van der Waals surface area contributed by atoms with Crippen LogP contribution in [0.15, 0.2) is 53.1 Å². The average Bonchev–Trinajstić information content (AvgIpc) is 3.17. The number of nitrogens with one attached hydrogen (secondary N) is 1. The van der Waals surface area contributed by atoms with Gasteiger partial charge in [-0.15, -0.1) is 0 Å². The molecule has 0 bridgehead atoms. The number of hydrogen-bond donors (Lipinski definition) is 2. The molecule has 2 aromatic carbocycles. The van der Waals surface area contributed by atoms with Crippen LogP contribution in [0.5, 0.6) is 0 Å².